The molecule has 0 radical (unpaired) electrons. The lowest BCUT2D eigenvalue weighted by Crippen LogP contribution is -2.25. The van der Waals surface area contributed by atoms with Gasteiger partial charge >= 0.3 is 0 Å². The molecule has 2 aromatic rings. The molecule has 0 atom stereocenters. The highest BCUT2D eigenvalue weighted by Gasteiger charge is 2.19. The molecule has 0 saturated carbocycles. The van der Waals surface area contributed by atoms with Crippen molar-refractivity contribution in [2.24, 2.45) is 0 Å². The van der Waals surface area contributed by atoms with E-state index >= 15 is 0 Å². The summed E-state index contributed by atoms with van der Waals surface area (Å²) in [6.45, 7) is 4.27. The van der Waals surface area contributed by atoms with E-state index in [0.717, 1.165) is 24.5 Å². The van der Waals surface area contributed by atoms with Crippen molar-refractivity contribution in [1.82, 2.24) is 9.88 Å². The SMILES string of the molecule is Cc1cc(Cl)cc2c3c([nH]c12)CCN(C)C3. The second-order valence-corrected chi connectivity index (χ2v) is 5.15. The molecule has 1 N–H and O–H groups in total. The molecule has 0 fully saturated rings. The van der Waals surface area contributed by atoms with Crippen LogP contribution in [-0.2, 0) is 13.0 Å². The van der Waals surface area contributed by atoms with Gasteiger partial charge in [0.15, 0.2) is 0 Å². The fourth-order valence-electron chi connectivity index (χ4n) is 2.58. The van der Waals surface area contributed by atoms with E-state index < -0.39 is 0 Å². The van der Waals surface area contributed by atoms with Gasteiger partial charge in [0.2, 0.25) is 0 Å². The lowest BCUT2D eigenvalue weighted by molar-refractivity contribution is 0.313. The Kier molecular flexibility index (Phi) is 2.23. The number of aromatic amines is 1. The molecule has 16 heavy (non-hydrogen) atoms. The van der Waals surface area contributed by atoms with E-state index in [4.69, 9.17) is 11.6 Å². The molecule has 84 valence electrons. The van der Waals surface area contributed by atoms with Crippen molar-refractivity contribution in [3.05, 3.63) is 34.0 Å². The van der Waals surface area contributed by atoms with Crippen LogP contribution < -0.4 is 0 Å². The molecule has 0 unspecified atom stereocenters. The van der Waals surface area contributed by atoms with Crippen molar-refractivity contribution in [3.63, 3.8) is 0 Å². The summed E-state index contributed by atoms with van der Waals surface area (Å²) in [4.78, 5) is 5.90. The van der Waals surface area contributed by atoms with E-state index in [-0.39, 0.29) is 0 Å². The summed E-state index contributed by atoms with van der Waals surface area (Å²) in [5.74, 6) is 0. The van der Waals surface area contributed by atoms with Crippen molar-refractivity contribution in [2.45, 2.75) is 19.9 Å². The van der Waals surface area contributed by atoms with Crippen LogP contribution in [0.15, 0.2) is 12.1 Å². The maximum atomic E-state index is 6.13. The summed E-state index contributed by atoms with van der Waals surface area (Å²) in [7, 11) is 2.17. The van der Waals surface area contributed by atoms with Gasteiger partial charge in [0.25, 0.3) is 0 Å². The van der Waals surface area contributed by atoms with Crippen LogP contribution in [0.1, 0.15) is 16.8 Å². The molecule has 0 spiro atoms. The highest BCUT2D eigenvalue weighted by Crippen LogP contribution is 2.31. The Bertz CT molecular complexity index is 557. The van der Waals surface area contributed by atoms with Gasteiger partial charge < -0.3 is 9.88 Å². The van der Waals surface area contributed by atoms with Gasteiger partial charge in [-0.25, -0.2) is 0 Å². The van der Waals surface area contributed by atoms with Crippen LogP contribution in [0.2, 0.25) is 5.02 Å². The van der Waals surface area contributed by atoms with E-state index in [2.05, 4.69) is 29.9 Å². The Balaban J connectivity index is 2.30. The van der Waals surface area contributed by atoms with Gasteiger partial charge in [0, 0.05) is 41.1 Å². The Morgan fingerprint density at radius 1 is 1.38 bits per heavy atom. The molecule has 1 aliphatic heterocycles. The van der Waals surface area contributed by atoms with Crippen LogP contribution in [0.5, 0.6) is 0 Å². The lowest BCUT2D eigenvalue weighted by atomic mass is 10.0. The summed E-state index contributed by atoms with van der Waals surface area (Å²) in [6, 6.07) is 4.11. The first-order valence-electron chi connectivity index (χ1n) is 5.63. The summed E-state index contributed by atoms with van der Waals surface area (Å²) in [5.41, 5.74) is 5.30. The number of nitrogens with zero attached hydrogens (tertiary/aromatic N) is 1. The molecule has 2 nitrogen and oxygen atoms in total. The molecule has 0 bridgehead atoms. The number of aryl methyl sites for hydroxylation is 1. The fraction of sp³-hybridized carbons (Fsp3) is 0.385. The number of rotatable bonds is 0. The maximum Gasteiger partial charge on any atom is 0.0490 e. The number of aromatic nitrogens is 1. The first kappa shape index (κ1) is 10.2. The van der Waals surface area contributed by atoms with Crippen molar-refractivity contribution in [1.29, 1.82) is 0 Å². The third-order valence-electron chi connectivity index (χ3n) is 3.44. The second kappa shape index (κ2) is 3.51. The smallest absolute Gasteiger partial charge is 0.0490 e. The number of H-pyrrole nitrogens is 1. The van der Waals surface area contributed by atoms with Crippen molar-refractivity contribution in [3.8, 4) is 0 Å². The van der Waals surface area contributed by atoms with Gasteiger partial charge in [-0.3, -0.25) is 0 Å². The van der Waals surface area contributed by atoms with Crippen molar-refractivity contribution in [2.75, 3.05) is 13.6 Å². The third kappa shape index (κ3) is 1.45. The van der Waals surface area contributed by atoms with Crippen LogP contribution in [0, 0.1) is 6.92 Å². The molecular formula is C13H15ClN2. The van der Waals surface area contributed by atoms with E-state index in [1.807, 2.05) is 6.07 Å². The molecule has 3 rings (SSSR count). The highest BCUT2D eigenvalue weighted by molar-refractivity contribution is 6.31. The normalized spacial score (nSPS) is 16.7. The number of fused-ring (bicyclic) bond motifs is 3. The largest absolute Gasteiger partial charge is 0.358 e. The molecule has 0 aliphatic carbocycles. The number of benzene rings is 1. The van der Waals surface area contributed by atoms with Crippen molar-refractivity contribution >= 4 is 22.5 Å². The van der Waals surface area contributed by atoms with E-state index in [9.17, 15) is 0 Å². The van der Waals surface area contributed by atoms with Gasteiger partial charge in [-0.15, -0.1) is 0 Å². The minimum absolute atomic E-state index is 0.833. The number of hydrogen-bond donors (Lipinski definition) is 1. The average molecular weight is 235 g/mol. The van der Waals surface area contributed by atoms with Gasteiger partial charge in [0.1, 0.15) is 0 Å². The first-order chi connectivity index (χ1) is 7.65. The fourth-order valence-corrected chi connectivity index (χ4v) is 2.85. The Morgan fingerprint density at radius 3 is 3.00 bits per heavy atom. The Labute approximate surface area is 100 Å². The quantitative estimate of drug-likeness (QED) is 0.742. The van der Waals surface area contributed by atoms with Crippen LogP contribution in [0.3, 0.4) is 0 Å². The average Bonchev–Trinajstić information content (AvgIpc) is 2.57. The van der Waals surface area contributed by atoms with Crippen LogP contribution in [-0.4, -0.2) is 23.5 Å². The number of hydrogen-bond acceptors (Lipinski definition) is 1. The minimum Gasteiger partial charge on any atom is -0.358 e. The zero-order chi connectivity index (χ0) is 11.3. The Hall–Kier alpha value is -0.990. The van der Waals surface area contributed by atoms with E-state index in [1.54, 1.807) is 0 Å². The predicted octanol–water partition coefficient (Wildman–Crippen LogP) is 3.12. The lowest BCUT2D eigenvalue weighted by Gasteiger charge is -2.22. The summed E-state index contributed by atoms with van der Waals surface area (Å²) >= 11 is 6.13. The molecule has 0 amide bonds. The zero-order valence-electron chi connectivity index (χ0n) is 9.60. The van der Waals surface area contributed by atoms with Crippen LogP contribution >= 0.6 is 11.6 Å². The van der Waals surface area contributed by atoms with Crippen LogP contribution in [0.25, 0.3) is 10.9 Å². The molecule has 1 aliphatic rings. The molecule has 3 heteroatoms. The van der Waals surface area contributed by atoms with Gasteiger partial charge in [-0.1, -0.05) is 11.6 Å². The van der Waals surface area contributed by atoms with E-state index in [1.165, 1.54) is 27.7 Å². The molecule has 1 aromatic carbocycles. The van der Waals surface area contributed by atoms with Crippen LogP contribution in [0.4, 0.5) is 0 Å². The van der Waals surface area contributed by atoms with Crippen molar-refractivity contribution < 1.29 is 0 Å². The minimum atomic E-state index is 0.833. The second-order valence-electron chi connectivity index (χ2n) is 4.72. The number of nitrogens with one attached hydrogen (secondary N) is 1. The third-order valence-corrected chi connectivity index (χ3v) is 3.66. The predicted molar refractivity (Wildman–Crippen MR) is 68.1 cm³/mol. The molecule has 1 aromatic heterocycles. The monoisotopic (exact) mass is 234 g/mol. The number of likely N-dealkylation sites (N-methyl/N-ethyl adjacent to an activating group) is 1. The first-order valence-corrected chi connectivity index (χ1v) is 6.01. The molecule has 0 saturated heterocycles. The van der Waals surface area contributed by atoms with Gasteiger partial charge in [0.05, 0.1) is 0 Å². The highest BCUT2D eigenvalue weighted by atomic mass is 35.5. The summed E-state index contributed by atoms with van der Waals surface area (Å²) < 4.78 is 0. The maximum absolute atomic E-state index is 6.13. The molecular weight excluding hydrogens is 220 g/mol. The van der Waals surface area contributed by atoms with Gasteiger partial charge in [-0.05, 0) is 37.2 Å². The standard InChI is InChI=1S/C13H15ClN2/c1-8-5-9(14)6-10-11-7-16(2)4-3-12(11)15-13(8)10/h5-6,15H,3-4,7H2,1-2H3. The topological polar surface area (TPSA) is 19.0 Å². The van der Waals surface area contributed by atoms with Gasteiger partial charge in [-0.2, -0.15) is 0 Å². The zero-order valence-corrected chi connectivity index (χ0v) is 10.4. The summed E-state index contributed by atoms with van der Waals surface area (Å²) in [6.07, 6.45) is 1.11. The number of halogens is 1. The summed E-state index contributed by atoms with van der Waals surface area (Å²) in [5, 5.41) is 2.13. The Morgan fingerprint density at radius 2 is 2.19 bits per heavy atom. The molecule has 2 heterocycles. The van der Waals surface area contributed by atoms with E-state index in [0.29, 0.717) is 0 Å².